The smallest absolute Gasteiger partial charge is 0.232 e. The van der Waals surface area contributed by atoms with Crippen molar-refractivity contribution in [1.82, 2.24) is 10.3 Å². The summed E-state index contributed by atoms with van der Waals surface area (Å²) in [5.41, 5.74) is 0.756. The standard InChI is InChI=1S/C18H21FN2O3S/c1-12-16(21-18(24-12)14-8-4-5-9-15(14)19)10-25(23)11-17(22)20-13-6-2-3-7-13/h4-5,8-9,13H,2-3,6-7,10-11H2,1H3,(H,20,22)/t25-/m1/s1. The van der Waals surface area contributed by atoms with E-state index in [1.807, 2.05) is 0 Å². The van der Waals surface area contributed by atoms with E-state index in [0.29, 0.717) is 11.5 Å². The maximum atomic E-state index is 13.8. The van der Waals surface area contributed by atoms with Crippen LogP contribution in [0, 0.1) is 12.7 Å². The van der Waals surface area contributed by atoms with Crippen molar-refractivity contribution in [1.29, 1.82) is 0 Å². The predicted molar refractivity (Wildman–Crippen MR) is 93.7 cm³/mol. The molecule has 1 fully saturated rings. The number of carbonyl (C=O) groups is 1. The Labute approximate surface area is 148 Å². The third-order valence-corrected chi connectivity index (χ3v) is 5.49. The van der Waals surface area contributed by atoms with Gasteiger partial charge in [0, 0.05) is 16.8 Å². The molecule has 0 unspecified atom stereocenters. The van der Waals surface area contributed by atoms with Gasteiger partial charge in [-0.15, -0.1) is 0 Å². The zero-order valence-corrected chi connectivity index (χ0v) is 14.9. The monoisotopic (exact) mass is 364 g/mol. The highest BCUT2D eigenvalue weighted by Crippen LogP contribution is 2.24. The molecule has 0 saturated heterocycles. The number of carbonyl (C=O) groups excluding carboxylic acids is 1. The van der Waals surface area contributed by atoms with Gasteiger partial charge in [0.15, 0.2) is 0 Å². The van der Waals surface area contributed by atoms with Crippen molar-refractivity contribution in [2.75, 3.05) is 5.75 Å². The average molecular weight is 364 g/mol. The summed E-state index contributed by atoms with van der Waals surface area (Å²) in [6.07, 6.45) is 4.25. The van der Waals surface area contributed by atoms with Gasteiger partial charge in [-0.05, 0) is 31.9 Å². The maximum Gasteiger partial charge on any atom is 0.232 e. The van der Waals surface area contributed by atoms with Crippen LogP contribution in [0.25, 0.3) is 11.5 Å². The van der Waals surface area contributed by atoms with Gasteiger partial charge >= 0.3 is 0 Å². The van der Waals surface area contributed by atoms with E-state index in [1.165, 1.54) is 6.07 Å². The molecular weight excluding hydrogens is 343 g/mol. The summed E-state index contributed by atoms with van der Waals surface area (Å²) >= 11 is 0. The number of amides is 1. The van der Waals surface area contributed by atoms with E-state index in [2.05, 4.69) is 10.3 Å². The van der Waals surface area contributed by atoms with Crippen LogP contribution in [0.15, 0.2) is 28.7 Å². The van der Waals surface area contributed by atoms with Crippen molar-refractivity contribution in [3.05, 3.63) is 41.5 Å². The fraction of sp³-hybridized carbons (Fsp3) is 0.444. The van der Waals surface area contributed by atoms with Crippen molar-refractivity contribution in [3.63, 3.8) is 0 Å². The fourth-order valence-corrected chi connectivity index (χ4v) is 4.05. The second kappa shape index (κ2) is 7.91. The predicted octanol–water partition coefficient (Wildman–Crippen LogP) is 3.10. The number of oxazole rings is 1. The molecule has 1 aromatic carbocycles. The normalized spacial score (nSPS) is 16.1. The van der Waals surface area contributed by atoms with Crippen molar-refractivity contribution < 1.29 is 17.8 Å². The lowest BCUT2D eigenvalue weighted by atomic mass is 10.2. The number of benzene rings is 1. The second-order valence-corrected chi connectivity index (χ2v) is 7.74. The summed E-state index contributed by atoms with van der Waals surface area (Å²) in [5, 5.41) is 2.92. The van der Waals surface area contributed by atoms with Gasteiger partial charge in [0.05, 0.1) is 17.0 Å². The Hall–Kier alpha value is -2.02. The number of hydrogen-bond donors (Lipinski definition) is 1. The van der Waals surface area contributed by atoms with Crippen LogP contribution in [0.3, 0.4) is 0 Å². The van der Waals surface area contributed by atoms with Gasteiger partial charge in [0.1, 0.15) is 17.3 Å². The van der Waals surface area contributed by atoms with Crippen molar-refractivity contribution in [2.45, 2.75) is 44.4 Å². The molecule has 1 N–H and O–H groups in total. The first-order valence-corrected chi connectivity index (χ1v) is 9.87. The lowest BCUT2D eigenvalue weighted by molar-refractivity contribution is -0.119. The summed E-state index contributed by atoms with van der Waals surface area (Å²) in [5.74, 6) is 0.0913. The van der Waals surface area contributed by atoms with E-state index in [1.54, 1.807) is 25.1 Å². The Bertz CT molecular complexity index is 784. The van der Waals surface area contributed by atoms with Gasteiger partial charge in [-0.2, -0.15) is 0 Å². The molecule has 1 aromatic heterocycles. The Morgan fingerprint density at radius 2 is 2.08 bits per heavy atom. The van der Waals surface area contributed by atoms with Gasteiger partial charge in [-0.1, -0.05) is 25.0 Å². The van der Waals surface area contributed by atoms with Crippen molar-refractivity contribution >= 4 is 16.7 Å². The number of rotatable bonds is 6. The average Bonchev–Trinajstić information content (AvgIpc) is 3.18. The quantitative estimate of drug-likeness (QED) is 0.855. The van der Waals surface area contributed by atoms with Crippen molar-refractivity contribution in [2.24, 2.45) is 0 Å². The van der Waals surface area contributed by atoms with Crippen LogP contribution in [0.4, 0.5) is 4.39 Å². The Morgan fingerprint density at radius 3 is 2.80 bits per heavy atom. The van der Waals surface area contributed by atoms with Gasteiger partial charge in [0.25, 0.3) is 0 Å². The van der Waals surface area contributed by atoms with E-state index in [9.17, 15) is 13.4 Å². The third-order valence-electron chi connectivity index (χ3n) is 4.31. The van der Waals surface area contributed by atoms with Crippen LogP contribution < -0.4 is 5.32 Å². The fourth-order valence-electron chi connectivity index (χ4n) is 3.00. The summed E-state index contributed by atoms with van der Waals surface area (Å²) in [4.78, 5) is 16.2. The minimum absolute atomic E-state index is 0.0577. The molecule has 0 bridgehead atoms. The molecule has 25 heavy (non-hydrogen) atoms. The molecular formula is C18H21FN2O3S. The number of hydrogen-bond acceptors (Lipinski definition) is 4. The number of aryl methyl sites for hydroxylation is 1. The molecule has 1 aliphatic carbocycles. The van der Waals surface area contributed by atoms with Gasteiger partial charge in [-0.3, -0.25) is 9.00 Å². The zero-order chi connectivity index (χ0) is 17.8. The molecule has 5 nitrogen and oxygen atoms in total. The summed E-state index contributed by atoms with van der Waals surface area (Å²) in [6, 6.07) is 6.42. The second-order valence-electron chi connectivity index (χ2n) is 6.28. The molecule has 2 aromatic rings. The van der Waals surface area contributed by atoms with E-state index >= 15 is 0 Å². The molecule has 0 radical (unpaired) electrons. The molecule has 3 rings (SSSR count). The molecule has 134 valence electrons. The topological polar surface area (TPSA) is 72.2 Å². The molecule has 1 heterocycles. The van der Waals surface area contributed by atoms with E-state index in [0.717, 1.165) is 25.7 Å². The molecule has 1 saturated carbocycles. The largest absolute Gasteiger partial charge is 0.441 e. The molecule has 1 aliphatic rings. The summed E-state index contributed by atoms with van der Waals surface area (Å²) < 4.78 is 31.6. The first-order chi connectivity index (χ1) is 12.0. The highest BCUT2D eigenvalue weighted by molar-refractivity contribution is 7.84. The lowest BCUT2D eigenvalue weighted by Crippen LogP contribution is -2.35. The minimum Gasteiger partial charge on any atom is -0.441 e. The third kappa shape index (κ3) is 4.54. The van der Waals surface area contributed by atoms with Crippen LogP contribution in [0.5, 0.6) is 0 Å². The van der Waals surface area contributed by atoms with Gasteiger partial charge in [0.2, 0.25) is 11.8 Å². The van der Waals surface area contributed by atoms with Crippen LogP contribution in [0.1, 0.15) is 37.1 Å². The first-order valence-electron chi connectivity index (χ1n) is 8.38. The number of aromatic nitrogens is 1. The molecule has 0 spiro atoms. The lowest BCUT2D eigenvalue weighted by Gasteiger charge is -2.11. The van der Waals surface area contributed by atoms with Crippen molar-refractivity contribution in [3.8, 4) is 11.5 Å². The van der Waals surface area contributed by atoms with Gasteiger partial charge in [-0.25, -0.2) is 9.37 Å². The number of nitrogens with one attached hydrogen (secondary N) is 1. The Morgan fingerprint density at radius 1 is 1.36 bits per heavy atom. The van der Waals surface area contributed by atoms with Crippen LogP contribution in [-0.4, -0.2) is 26.9 Å². The SMILES string of the molecule is Cc1oc(-c2ccccc2F)nc1C[S@@](=O)CC(=O)NC1CCCC1. The summed E-state index contributed by atoms with van der Waals surface area (Å²) in [7, 11) is -1.39. The zero-order valence-electron chi connectivity index (χ0n) is 14.1. The van der Waals surface area contributed by atoms with Crippen LogP contribution >= 0.6 is 0 Å². The van der Waals surface area contributed by atoms with E-state index < -0.39 is 16.6 Å². The molecule has 7 heteroatoms. The van der Waals surface area contributed by atoms with Crippen LogP contribution in [-0.2, 0) is 21.3 Å². The molecule has 0 aliphatic heterocycles. The van der Waals surface area contributed by atoms with E-state index in [-0.39, 0.29) is 34.9 Å². The highest BCUT2D eigenvalue weighted by atomic mass is 32.2. The van der Waals surface area contributed by atoms with Crippen LogP contribution in [0.2, 0.25) is 0 Å². The van der Waals surface area contributed by atoms with Gasteiger partial charge < -0.3 is 9.73 Å². The molecule has 1 amide bonds. The molecule has 1 atom stereocenters. The maximum absolute atomic E-state index is 13.8. The first kappa shape index (κ1) is 17.8. The summed E-state index contributed by atoms with van der Waals surface area (Å²) in [6.45, 7) is 1.70. The number of nitrogens with zero attached hydrogens (tertiary/aromatic N) is 1. The number of halogens is 1. The Kier molecular flexibility index (Phi) is 5.63. The van der Waals surface area contributed by atoms with E-state index in [4.69, 9.17) is 4.42 Å². The Balaban J connectivity index is 1.61. The highest BCUT2D eigenvalue weighted by Gasteiger charge is 2.20. The minimum atomic E-state index is -1.39.